The Morgan fingerprint density at radius 2 is 1.64 bits per heavy atom. The fourth-order valence-electron chi connectivity index (χ4n) is 2.46. The standard InChI is InChI=1S/C18H16N2O2/c21-16-11-12-20(17(13-16)14-7-3-1-4-8-14)19-18(22)15-9-5-2-6-10-15/h1-12,17H,13H2,(H,19,22)/t17-/m0/s1. The van der Waals surface area contributed by atoms with Crippen molar-refractivity contribution in [2.45, 2.75) is 12.5 Å². The third-order valence-electron chi connectivity index (χ3n) is 3.60. The summed E-state index contributed by atoms with van der Waals surface area (Å²) in [7, 11) is 0. The summed E-state index contributed by atoms with van der Waals surface area (Å²) in [6, 6.07) is 18.5. The molecule has 0 unspecified atom stereocenters. The Hall–Kier alpha value is -2.88. The molecule has 2 aromatic carbocycles. The second kappa shape index (κ2) is 6.26. The van der Waals surface area contributed by atoms with Crippen LogP contribution in [0.3, 0.4) is 0 Å². The van der Waals surface area contributed by atoms with Gasteiger partial charge in [-0.1, -0.05) is 48.5 Å². The van der Waals surface area contributed by atoms with Gasteiger partial charge in [0.1, 0.15) is 0 Å². The van der Waals surface area contributed by atoms with Crippen molar-refractivity contribution in [1.29, 1.82) is 0 Å². The Bertz CT molecular complexity index is 696. The van der Waals surface area contributed by atoms with Crippen molar-refractivity contribution in [3.8, 4) is 0 Å². The minimum Gasteiger partial charge on any atom is -0.295 e. The van der Waals surface area contributed by atoms with Gasteiger partial charge in [0, 0.05) is 18.2 Å². The summed E-state index contributed by atoms with van der Waals surface area (Å²) in [5.74, 6) is -0.139. The first-order chi connectivity index (χ1) is 10.7. The zero-order valence-electron chi connectivity index (χ0n) is 12.0. The van der Waals surface area contributed by atoms with Crippen molar-refractivity contribution in [2.75, 3.05) is 0 Å². The summed E-state index contributed by atoms with van der Waals surface area (Å²) >= 11 is 0. The molecule has 0 aliphatic carbocycles. The minimum atomic E-state index is -0.194. The highest BCUT2D eigenvalue weighted by Crippen LogP contribution is 2.26. The van der Waals surface area contributed by atoms with Crippen LogP contribution in [0.15, 0.2) is 72.9 Å². The molecule has 0 saturated carbocycles. The van der Waals surface area contributed by atoms with E-state index in [-0.39, 0.29) is 17.7 Å². The van der Waals surface area contributed by atoms with Gasteiger partial charge < -0.3 is 0 Å². The van der Waals surface area contributed by atoms with Crippen molar-refractivity contribution in [1.82, 2.24) is 10.4 Å². The molecule has 22 heavy (non-hydrogen) atoms. The predicted molar refractivity (Wildman–Crippen MR) is 83.7 cm³/mol. The lowest BCUT2D eigenvalue weighted by Gasteiger charge is -2.33. The number of carbonyl (C=O) groups excluding carboxylic acids is 2. The number of ketones is 1. The smallest absolute Gasteiger partial charge is 0.269 e. The average molecular weight is 292 g/mol. The molecule has 0 bridgehead atoms. The largest absolute Gasteiger partial charge is 0.295 e. The summed E-state index contributed by atoms with van der Waals surface area (Å²) < 4.78 is 0. The number of benzene rings is 2. The Morgan fingerprint density at radius 1 is 1.00 bits per heavy atom. The number of nitrogens with one attached hydrogen (secondary N) is 1. The molecule has 3 rings (SSSR count). The molecule has 1 amide bonds. The molecule has 4 heteroatoms. The molecular weight excluding hydrogens is 276 g/mol. The molecule has 0 spiro atoms. The van der Waals surface area contributed by atoms with Gasteiger partial charge in [0.2, 0.25) is 0 Å². The monoisotopic (exact) mass is 292 g/mol. The SMILES string of the molecule is O=C1C=CN(NC(=O)c2ccccc2)[C@H](c2ccccc2)C1. The van der Waals surface area contributed by atoms with E-state index in [1.165, 1.54) is 6.08 Å². The molecule has 0 radical (unpaired) electrons. The first-order valence-electron chi connectivity index (χ1n) is 7.14. The van der Waals surface area contributed by atoms with E-state index in [0.717, 1.165) is 5.56 Å². The lowest BCUT2D eigenvalue weighted by Crippen LogP contribution is -2.43. The van der Waals surface area contributed by atoms with Crippen LogP contribution in [-0.2, 0) is 4.79 Å². The van der Waals surface area contributed by atoms with Crippen molar-refractivity contribution >= 4 is 11.7 Å². The van der Waals surface area contributed by atoms with Crippen LogP contribution in [-0.4, -0.2) is 16.7 Å². The number of hydrogen-bond acceptors (Lipinski definition) is 3. The number of allylic oxidation sites excluding steroid dienone is 1. The summed E-state index contributed by atoms with van der Waals surface area (Å²) in [4.78, 5) is 24.0. The van der Waals surface area contributed by atoms with E-state index < -0.39 is 0 Å². The molecule has 110 valence electrons. The van der Waals surface area contributed by atoms with Gasteiger partial charge in [-0.15, -0.1) is 0 Å². The van der Waals surface area contributed by atoms with Gasteiger partial charge >= 0.3 is 0 Å². The Morgan fingerprint density at radius 3 is 2.32 bits per heavy atom. The molecule has 1 atom stereocenters. The Balaban J connectivity index is 1.82. The third kappa shape index (κ3) is 3.06. The highest BCUT2D eigenvalue weighted by atomic mass is 16.2. The average Bonchev–Trinajstić information content (AvgIpc) is 2.58. The van der Waals surface area contributed by atoms with Crippen LogP contribution < -0.4 is 5.43 Å². The number of rotatable bonds is 3. The first-order valence-corrected chi connectivity index (χ1v) is 7.14. The second-order valence-corrected chi connectivity index (χ2v) is 5.13. The van der Waals surface area contributed by atoms with E-state index >= 15 is 0 Å². The van der Waals surface area contributed by atoms with Gasteiger partial charge in [-0.25, -0.2) is 0 Å². The Labute approximate surface area is 129 Å². The van der Waals surface area contributed by atoms with Crippen molar-refractivity contribution in [3.63, 3.8) is 0 Å². The molecule has 0 saturated heterocycles. The maximum atomic E-state index is 12.3. The van der Waals surface area contributed by atoms with Crippen molar-refractivity contribution in [2.24, 2.45) is 0 Å². The fourth-order valence-corrected chi connectivity index (χ4v) is 2.46. The summed E-state index contributed by atoms with van der Waals surface area (Å²) in [6.45, 7) is 0. The van der Waals surface area contributed by atoms with Crippen LogP contribution in [0.5, 0.6) is 0 Å². The van der Waals surface area contributed by atoms with Crippen LogP contribution in [0.1, 0.15) is 28.4 Å². The van der Waals surface area contributed by atoms with Gasteiger partial charge in [-0.2, -0.15) is 0 Å². The lowest BCUT2D eigenvalue weighted by atomic mass is 9.99. The molecule has 2 aromatic rings. The topological polar surface area (TPSA) is 49.4 Å². The van der Waals surface area contributed by atoms with Crippen LogP contribution in [0.2, 0.25) is 0 Å². The highest BCUT2D eigenvalue weighted by Gasteiger charge is 2.25. The lowest BCUT2D eigenvalue weighted by molar-refractivity contribution is -0.116. The van der Waals surface area contributed by atoms with Crippen LogP contribution in [0, 0.1) is 0 Å². The van der Waals surface area contributed by atoms with Crippen LogP contribution in [0.4, 0.5) is 0 Å². The number of carbonyl (C=O) groups is 2. The zero-order valence-corrected chi connectivity index (χ0v) is 12.0. The van der Waals surface area contributed by atoms with E-state index in [1.807, 2.05) is 48.5 Å². The molecule has 1 aliphatic rings. The predicted octanol–water partition coefficient (Wildman–Crippen LogP) is 2.86. The van der Waals surface area contributed by atoms with Gasteiger partial charge in [0.15, 0.2) is 5.78 Å². The zero-order chi connectivity index (χ0) is 15.4. The maximum Gasteiger partial charge on any atom is 0.269 e. The molecule has 1 N–H and O–H groups in total. The molecule has 4 nitrogen and oxygen atoms in total. The maximum absolute atomic E-state index is 12.3. The summed E-state index contributed by atoms with van der Waals surface area (Å²) in [6.07, 6.45) is 3.46. The number of hydrazine groups is 1. The second-order valence-electron chi connectivity index (χ2n) is 5.13. The van der Waals surface area contributed by atoms with E-state index in [1.54, 1.807) is 23.3 Å². The van der Waals surface area contributed by atoms with E-state index in [2.05, 4.69) is 5.43 Å². The van der Waals surface area contributed by atoms with E-state index in [9.17, 15) is 9.59 Å². The van der Waals surface area contributed by atoms with Gasteiger partial charge in [-0.05, 0) is 23.8 Å². The van der Waals surface area contributed by atoms with Crippen LogP contribution in [0.25, 0.3) is 0 Å². The molecule has 0 aromatic heterocycles. The normalized spacial score (nSPS) is 17.4. The molecule has 0 fully saturated rings. The number of nitrogens with zero attached hydrogens (tertiary/aromatic N) is 1. The van der Waals surface area contributed by atoms with E-state index in [4.69, 9.17) is 0 Å². The highest BCUT2D eigenvalue weighted by molar-refractivity contribution is 5.94. The van der Waals surface area contributed by atoms with E-state index in [0.29, 0.717) is 12.0 Å². The van der Waals surface area contributed by atoms with Crippen molar-refractivity contribution < 1.29 is 9.59 Å². The molecule has 1 aliphatic heterocycles. The molecule has 1 heterocycles. The quantitative estimate of drug-likeness (QED) is 0.946. The number of amides is 1. The van der Waals surface area contributed by atoms with Gasteiger partial charge in [0.25, 0.3) is 5.91 Å². The fraction of sp³-hybridized carbons (Fsp3) is 0.111. The van der Waals surface area contributed by atoms with Crippen LogP contribution >= 0.6 is 0 Å². The summed E-state index contributed by atoms with van der Waals surface area (Å²) in [5.41, 5.74) is 4.44. The third-order valence-corrected chi connectivity index (χ3v) is 3.60. The van der Waals surface area contributed by atoms with Crippen molar-refractivity contribution in [3.05, 3.63) is 84.1 Å². The van der Waals surface area contributed by atoms with Gasteiger partial charge in [0.05, 0.1) is 6.04 Å². The minimum absolute atomic E-state index is 0.0547. The van der Waals surface area contributed by atoms with Gasteiger partial charge in [-0.3, -0.25) is 20.0 Å². The molecular formula is C18H16N2O2. The Kier molecular flexibility index (Phi) is 4.01. The summed E-state index contributed by atoms with van der Waals surface area (Å²) in [5, 5.41) is 1.70. The number of hydrogen-bond donors (Lipinski definition) is 1. The first kappa shape index (κ1) is 14.1.